The highest BCUT2D eigenvalue weighted by Crippen LogP contribution is 2.28. The number of benzene rings is 2. The molecule has 2 rings (SSSR count). The van der Waals surface area contributed by atoms with Gasteiger partial charge in [0.2, 0.25) is 0 Å². The zero-order chi connectivity index (χ0) is 15.4. The molecule has 0 aliphatic heterocycles. The summed E-state index contributed by atoms with van der Waals surface area (Å²) >= 11 is 3.26. The number of rotatable bonds is 4. The number of hydrogen-bond acceptors (Lipinski definition) is 5. The lowest BCUT2D eigenvalue weighted by Gasteiger charge is -2.06. The summed E-state index contributed by atoms with van der Waals surface area (Å²) in [5, 5.41) is 10.9. The van der Waals surface area contributed by atoms with Crippen molar-refractivity contribution in [2.24, 2.45) is 0 Å². The quantitative estimate of drug-likeness (QED) is 0.364. The second kappa shape index (κ2) is 6.36. The highest BCUT2D eigenvalue weighted by atomic mass is 79.9. The van der Waals surface area contributed by atoms with Crippen LogP contribution in [0.15, 0.2) is 46.9 Å². The molecule has 0 heterocycles. The molecule has 0 bridgehead atoms. The SMILES string of the molecule is COc1ccc(C(=O)Oc2cccc(Br)c2)cc1[N+](=O)[O-]. The van der Waals surface area contributed by atoms with E-state index in [0.29, 0.717) is 5.75 Å². The topological polar surface area (TPSA) is 78.7 Å². The average Bonchev–Trinajstić information content (AvgIpc) is 2.46. The molecule has 2 aromatic carbocycles. The Morgan fingerprint density at radius 1 is 1.24 bits per heavy atom. The average molecular weight is 352 g/mol. The number of halogens is 1. The first-order valence-electron chi connectivity index (χ1n) is 5.81. The van der Waals surface area contributed by atoms with Gasteiger partial charge in [-0.2, -0.15) is 0 Å². The Kier molecular flexibility index (Phi) is 4.54. The Morgan fingerprint density at radius 2 is 2.00 bits per heavy atom. The maximum Gasteiger partial charge on any atom is 0.343 e. The summed E-state index contributed by atoms with van der Waals surface area (Å²) < 4.78 is 10.8. The van der Waals surface area contributed by atoms with E-state index in [4.69, 9.17) is 9.47 Å². The van der Waals surface area contributed by atoms with E-state index in [-0.39, 0.29) is 17.0 Å². The second-order valence-electron chi connectivity index (χ2n) is 3.99. The molecule has 0 radical (unpaired) electrons. The van der Waals surface area contributed by atoms with Crippen molar-refractivity contribution < 1.29 is 19.2 Å². The van der Waals surface area contributed by atoms with Crippen LogP contribution in [0.1, 0.15) is 10.4 Å². The lowest BCUT2D eigenvalue weighted by Crippen LogP contribution is -2.09. The molecule has 0 saturated heterocycles. The molecule has 0 aliphatic carbocycles. The fourth-order valence-electron chi connectivity index (χ4n) is 1.66. The predicted octanol–water partition coefficient (Wildman–Crippen LogP) is 3.59. The number of nitrogens with zero attached hydrogens (tertiary/aromatic N) is 1. The molecule has 0 unspecified atom stereocenters. The normalized spacial score (nSPS) is 10.0. The monoisotopic (exact) mass is 351 g/mol. The summed E-state index contributed by atoms with van der Waals surface area (Å²) in [7, 11) is 1.32. The summed E-state index contributed by atoms with van der Waals surface area (Å²) in [4.78, 5) is 22.3. The van der Waals surface area contributed by atoms with Crippen molar-refractivity contribution in [2.45, 2.75) is 0 Å². The van der Waals surface area contributed by atoms with Crippen molar-refractivity contribution in [3.63, 3.8) is 0 Å². The lowest BCUT2D eigenvalue weighted by molar-refractivity contribution is -0.385. The van der Waals surface area contributed by atoms with E-state index < -0.39 is 10.9 Å². The van der Waals surface area contributed by atoms with Gasteiger partial charge in [0.15, 0.2) is 5.75 Å². The third-order valence-corrected chi connectivity index (χ3v) is 3.11. The van der Waals surface area contributed by atoms with E-state index in [9.17, 15) is 14.9 Å². The number of nitro groups is 1. The molecule has 0 saturated carbocycles. The van der Waals surface area contributed by atoms with Crippen LogP contribution in [0.5, 0.6) is 11.5 Å². The van der Waals surface area contributed by atoms with Crippen LogP contribution in [0.2, 0.25) is 0 Å². The predicted molar refractivity (Wildman–Crippen MR) is 78.7 cm³/mol. The van der Waals surface area contributed by atoms with Crippen molar-refractivity contribution in [2.75, 3.05) is 7.11 Å². The molecule has 0 atom stereocenters. The van der Waals surface area contributed by atoms with Crippen LogP contribution in [0.3, 0.4) is 0 Å². The smallest absolute Gasteiger partial charge is 0.343 e. The molecule has 0 aromatic heterocycles. The van der Waals surface area contributed by atoms with Gasteiger partial charge in [-0.1, -0.05) is 22.0 Å². The molecule has 6 nitrogen and oxygen atoms in total. The van der Waals surface area contributed by atoms with Gasteiger partial charge in [0, 0.05) is 10.5 Å². The fraction of sp³-hybridized carbons (Fsp3) is 0.0714. The number of carbonyl (C=O) groups is 1. The van der Waals surface area contributed by atoms with Crippen molar-refractivity contribution in [3.05, 3.63) is 62.6 Å². The van der Waals surface area contributed by atoms with Crippen molar-refractivity contribution >= 4 is 27.6 Å². The molecular formula is C14H10BrNO5. The van der Waals surface area contributed by atoms with Gasteiger partial charge >= 0.3 is 11.7 Å². The Labute approximate surface area is 128 Å². The molecule has 108 valence electrons. The van der Waals surface area contributed by atoms with Gasteiger partial charge in [0.05, 0.1) is 17.6 Å². The van der Waals surface area contributed by atoms with Crippen LogP contribution in [-0.2, 0) is 0 Å². The Morgan fingerprint density at radius 3 is 2.62 bits per heavy atom. The van der Waals surface area contributed by atoms with Gasteiger partial charge in [-0.15, -0.1) is 0 Å². The Hall–Kier alpha value is -2.41. The van der Waals surface area contributed by atoms with Gasteiger partial charge in [-0.3, -0.25) is 10.1 Å². The zero-order valence-corrected chi connectivity index (χ0v) is 12.5. The molecule has 0 fully saturated rings. The van der Waals surface area contributed by atoms with Crippen molar-refractivity contribution in [1.29, 1.82) is 0 Å². The number of nitro benzene ring substituents is 1. The van der Waals surface area contributed by atoms with E-state index in [2.05, 4.69) is 15.9 Å². The van der Waals surface area contributed by atoms with E-state index in [1.165, 1.54) is 19.2 Å². The van der Waals surface area contributed by atoms with E-state index in [0.717, 1.165) is 10.5 Å². The summed E-state index contributed by atoms with van der Waals surface area (Å²) in [5.41, 5.74) is -0.219. The van der Waals surface area contributed by atoms with Crippen LogP contribution in [-0.4, -0.2) is 18.0 Å². The maximum absolute atomic E-state index is 12.0. The third-order valence-electron chi connectivity index (χ3n) is 2.62. The van der Waals surface area contributed by atoms with E-state index in [1.807, 2.05) is 0 Å². The summed E-state index contributed by atoms with van der Waals surface area (Å²) in [6.45, 7) is 0. The number of methoxy groups -OCH3 is 1. The number of esters is 1. The standard InChI is InChI=1S/C14H10BrNO5/c1-20-13-6-5-9(7-12(13)16(18)19)14(17)21-11-4-2-3-10(15)8-11/h2-8H,1H3. The van der Waals surface area contributed by atoms with E-state index >= 15 is 0 Å². The fourth-order valence-corrected chi connectivity index (χ4v) is 2.03. The first kappa shape index (κ1) is 15.0. The van der Waals surface area contributed by atoms with Crippen molar-refractivity contribution in [3.8, 4) is 11.5 Å². The molecule has 0 N–H and O–H groups in total. The van der Waals surface area contributed by atoms with Gasteiger partial charge in [-0.25, -0.2) is 4.79 Å². The van der Waals surface area contributed by atoms with Gasteiger partial charge in [-0.05, 0) is 30.3 Å². The molecule has 0 amide bonds. The maximum atomic E-state index is 12.0. The molecule has 21 heavy (non-hydrogen) atoms. The van der Waals surface area contributed by atoms with Gasteiger partial charge < -0.3 is 9.47 Å². The Balaban J connectivity index is 2.27. The van der Waals surface area contributed by atoms with Crippen LogP contribution in [0, 0.1) is 10.1 Å². The number of carbonyl (C=O) groups excluding carboxylic acids is 1. The Bertz CT molecular complexity index is 702. The van der Waals surface area contributed by atoms with Crippen molar-refractivity contribution in [1.82, 2.24) is 0 Å². The minimum atomic E-state index is -0.682. The largest absolute Gasteiger partial charge is 0.490 e. The molecular weight excluding hydrogens is 342 g/mol. The molecule has 0 spiro atoms. The van der Waals surface area contributed by atoms with Crippen LogP contribution in [0.25, 0.3) is 0 Å². The number of hydrogen-bond donors (Lipinski definition) is 0. The number of ether oxygens (including phenoxy) is 2. The minimum absolute atomic E-state index is 0.0717. The minimum Gasteiger partial charge on any atom is -0.490 e. The summed E-state index contributed by atoms with van der Waals surface area (Å²) in [6, 6.07) is 10.6. The first-order valence-corrected chi connectivity index (χ1v) is 6.60. The highest BCUT2D eigenvalue weighted by Gasteiger charge is 2.19. The van der Waals surface area contributed by atoms with Gasteiger partial charge in [0.25, 0.3) is 0 Å². The van der Waals surface area contributed by atoms with Crippen LogP contribution >= 0.6 is 15.9 Å². The third kappa shape index (κ3) is 3.57. The van der Waals surface area contributed by atoms with E-state index in [1.54, 1.807) is 24.3 Å². The lowest BCUT2D eigenvalue weighted by atomic mass is 10.2. The molecule has 0 aliphatic rings. The molecule has 7 heteroatoms. The van der Waals surface area contributed by atoms with Crippen LogP contribution < -0.4 is 9.47 Å². The zero-order valence-electron chi connectivity index (χ0n) is 10.9. The first-order chi connectivity index (χ1) is 10.0. The second-order valence-corrected chi connectivity index (χ2v) is 4.91. The van der Waals surface area contributed by atoms with Crippen LogP contribution in [0.4, 0.5) is 5.69 Å². The summed E-state index contributed by atoms with van der Waals surface area (Å²) in [6.07, 6.45) is 0. The molecule has 2 aromatic rings. The highest BCUT2D eigenvalue weighted by molar-refractivity contribution is 9.10. The van der Waals surface area contributed by atoms with Gasteiger partial charge in [0.1, 0.15) is 5.75 Å². The summed E-state index contributed by atoms with van der Waals surface area (Å²) in [5.74, 6) is -0.259.